The lowest BCUT2D eigenvalue weighted by molar-refractivity contribution is -0.575. The normalized spacial score (nSPS) is 12.5. The van der Waals surface area contributed by atoms with Crippen LogP contribution in [-0.2, 0) is 0 Å². The zero-order valence-corrected chi connectivity index (χ0v) is 6.55. The van der Waals surface area contributed by atoms with Gasteiger partial charge in [-0.25, -0.2) is 4.79 Å². The second-order valence-electron chi connectivity index (χ2n) is 2.41. The Morgan fingerprint density at radius 3 is 2.50 bits per heavy atom. The summed E-state index contributed by atoms with van der Waals surface area (Å²) in [5, 5.41) is 8.61. The Balaban J connectivity index is 2.79. The average molecular weight is 167 g/mol. The van der Waals surface area contributed by atoms with E-state index in [0.717, 1.165) is 0 Å². The monoisotopic (exact) mass is 167 g/mol. The van der Waals surface area contributed by atoms with Gasteiger partial charge in [0.25, 0.3) is 0 Å². The second kappa shape index (κ2) is 3.94. The third kappa shape index (κ3) is 1.87. The number of carbonyl (C=O) groups is 1. The van der Waals surface area contributed by atoms with Crippen LogP contribution >= 0.6 is 0 Å². The molecule has 4 heteroatoms. The van der Waals surface area contributed by atoms with Gasteiger partial charge in [0.1, 0.15) is 0 Å². The van der Waals surface area contributed by atoms with Crippen molar-refractivity contribution >= 4 is 5.91 Å². The number of hydrogen-bond donors (Lipinski definition) is 2. The van der Waals surface area contributed by atoms with Gasteiger partial charge in [0.2, 0.25) is 0 Å². The number of nitrogens with two attached hydrogens (primary N) is 1. The Morgan fingerprint density at radius 1 is 1.42 bits per heavy atom. The lowest BCUT2D eigenvalue weighted by Gasteiger charge is -1.99. The third-order valence-corrected chi connectivity index (χ3v) is 1.48. The average Bonchev–Trinajstić information content (AvgIpc) is 2.17. The van der Waals surface area contributed by atoms with Gasteiger partial charge in [-0.05, 0) is 0 Å². The molecule has 0 aromatic carbocycles. The molecule has 1 aromatic heterocycles. The van der Waals surface area contributed by atoms with E-state index in [1.165, 1.54) is 4.57 Å². The van der Waals surface area contributed by atoms with E-state index in [9.17, 15) is 4.79 Å². The molecule has 1 aromatic rings. The number of aliphatic hydroxyl groups excluding tert-OH is 1. The first-order chi connectivity index (χ1) is 5.75. The molecule has 0 fully saturated rings. The standard InChI is InChI=1S/C8H11N2O2/c9-7(6-11)8(12)10-4-2-1-3-5-10/h1-5,7,11H,6,9H2/q+1. The summed E-state index contributed by atoms with van der Waals surface area (Å²) >= 11 is 0. The zero-order valence-electron chi connectivity index (χ0n) is 6.55. The highest BCUT2D eigenvalue weighted by Gasteiger charge is 2.21. The van der Waals surface area contributed by atoms with Crippen molar-refractivity contribution in [3.8, 4) is 0 Å². The largest absolute Gasteiger partial charge is 0.411 e. The van der Waals surface area contributed by atoms with Crippen molar-refractivity contribution in [2.24, 2.45) is 5.73 Å². The number of carbonyl (C=O) groups excluding carboxylic acids is 1. The number of aliphatic hydroxyl groups is 1. The molecule has 64 valence electrons. The Morgan fingerprint density at radius 2 is 2.00 bits per heavy atom. The molecule has 1 rings (SSSR count). The maximum Gasteiger partial charge on any atom is 0.411 e. The van der Waals surface area contributed by atoms with Crippen molar-refractivity contribution in [1.82, 2.24) is 0 Å². The fourth-order valence-corrected chi connectivity index (χ4v) is 0.815. The molecule has 12 heavy (non-hydrogen) atoms. The van der Waals surface area contributed by atoms with E-state index in [1.807, 2.05) is 0 Å². The van der Waals surface area contributed by atoms with Crippen LogP contribution in [0, 0.1) is 0 Å². The van der Waals surface area contributed by atoms with Gasteiger partial charge in [0, 0.05) is 12.1 Å². The summed E-state index contributed by atoms with van der Waals surface area (Å²) in [7, 11) is 0. The number of hydrogen-bond acceptors (Lipinski definition) is 3. The van der Waals surface area contributed by atoms with Crippen LogP contribution in [0.25, 0.3) is 0 Å². The Bertz CT molecular complexity index is 261. The van der Waals surface area contributed by atoms with Crippen molar-refractivity contribution < 1.29 is 14.5 Å². The molecule has 0 aliphatic carbocycles. The van der Waals surface area contributed by atoms with Gasteiger partial charge in [-0.3, -0.25) is 0 Å². The number of rotatable bonds is 2. The predicted octanol–water partition coefficient (Wildman–Crippen LogP) is -1.07. The van der Waals surface area contributed by atoms with E-state index in [-0.39, 0.29) is 12.5 Å². The molecule has 0 radical (unpaired) electrons. The van der Waals surface area contributed by atoms with Gasteiger partial charge in [-0.1, -0.05) is 6.07 Å². The molecule has 1 atom stereocenters. The molecule has 3 N–H and O–H groups in total. The fourth-order valence-electron chi connectivity index (χ4n) is 0.815. The van der Waals surface area contributed by atoms with Crippen molar-refractivity contribution in [2.45, 2.75) is 6.04 Å². The van der Waals surface area contributed by atoms with Crippen LogP contribution in [0.3, 0.4) is 0 Å². The topological polar surface area (TPSA) is 67.2 Å². The molecular formula is C8H11N2O2+. The van der Waals surface area contributed by atoms with E-state index < -0.39 is 6.04 Å². The summed E-state index contributed by atoms with van der Waals surface area (Å²) in [5.41, 5.74) is 5.33. The summed E-state index contributed by atoms with van der Waals surface area (Å²) in [4.78, 5) is 11.3. The smallest absolute Gasteiger partial charge is 0.394 e. The van der Waals surface area contributed by atoms with Crippen molar-refractivity contribution in [2.75, 3.05) is 6.61 Å². The molecule has 0 saturated heterocycles. The Labute approximate surface area is 70.3 Å². The highest BCUT2D eigenvalue weighted by Crippen LogP contribution is 1.80. The zero-order chi connectivity index (χ0) is 8.97. The lowest BCUT2D eigenvalue weighted by Crippen LogP contribution is -2.53. The highest BCUT2D eigenvalue weighted by molar-refractivity contribution is 5.72. The van der Waals surface area contributed by atoms with Crippen LogP contribution in [0.2, 0.25) is 0 Å². The van der Waals surface area contributed by atoms with E-state index in [4.69, 9.17) is 10.8 Å². The van der Waals surface area contributed by atoms with Crippen LogP contribution in [0.4, 0.5) is 0 Å². The SMILES string of the molecule is NC(CO)C(=O)[n+]1ccccc1. The summed E-state index contributed by atoms with van der Waals surface area (Å²) in [6.07, 6.45) is 3.19. The Kier molecular flexibility index (Phi) is 2.90. The summed E-state index contributed by atoms with van der Waals surface area (Å²) in [6.45, 7) is -0.333. The minimum absolute atomic E-state index is 0.307. The molecule has 0 bridgehead atoms. The minimum Gasteiger partial charge on any atom is -0.394 e. The fraction of sp³-hybridized carbons (Fsp3) is 0.250. The van der Waals surface area contributed by atoms with Gasteiger partial charge < -0.3 is 10.8 Å². The molecule has 1 heterocycles. The van der Waals surface area contributed by atoms with E-state index in [1.54, 1.807) is 30.6 Å². The summed E-state index contributed by atoms with van der Waals surface area (Å²) in [5.74, 6) is -0.307. The molecular weight excluding hydrogens is 156 g/mol. The van der Waals surface area contributed by atoms with E-state index >= 15 is 0 Å². The van der Waals surface area contributed by atoms with Crippen LogP contribution in [0.15, 0.2) is 30.6 Å². The molecule has 0 aliphatic rings. The van der Waals surface area contributed by atoms with Gasteiger partial charge in [0.15, 0.2) is 18.4 Å². The Hall–Kier alpha value is -1.26. The van der Waals surface area contributed by atoms with Crippen LogP contribution < -0.4 is 10.3 Å². The molecule has 0 saturated carbocycles. The van der Waals surface area contributed by atoms with Crippen LogP contribution in [-0.4, -0.2) is 23.7 Å². The van der Waals surface area contributed by atoms with Crippen LogP contribution in [0.1, 0.15) is 4.79 Å². The molecule has 0 spiro atoms. The second-order valence-corrected chi connectivity index (χ2v) is 2.41. The summed E-state index contributed by atoms with van der Waals surface area (Å²) < 4.78 is 1.35. The predicted molar refractivity (Wildman–Crippen MR) is 42.3 cm³/mol. The molecule has 4 nitrogen and oxygen atoms in total. The van der Waals surface area contributed by atoms with Gasteiger partial charge in [-0.2, -0.15) is 0 Å². The number of pyridine rings is 1. The van der Waals surface area contributed by atoms with Crippen LogP contribution in [0.5, 0.6) is 0 Å². The summed E-state index contributed by atoms with van der Waals surface area (Å²) in [6, 6.07) is 4.41. The first-order valence-electron chi connectivity index (χ1n) is 3.62. The van der Waals surface area contributed by atoms with Gasteiger partial charge in [-0.15, -0.1) is 4.57 Å². The molecule has 0 amide bonds. The molecule has 1 unspecified atom stereocenters. The quantitative estimate of drug-likeness (QED) is 0.551. The van der Waals surface area contributed by atoms with Crippen molar-refractivity contribution in [1.29, 1.82) is 0 Å². The number of nitrogens with zero attached hydrogens (tertiary/aromatic N) is 1. The van der Waals surface area contributed by atoms with Gasteiger partial charge >= 0.3 is 5.91 Å². The number of aromatic nitrogens is 1. The maximum atomic E-state index is 11.3. The van der Waals surface area contributed by atoms with Crippen molar-refractivity contribution in [3.63, 3.8) is 0 Å². The van der Waals surface area contributed by atoms with E-state index in [0.29, 0.717) is 0 Å². The minimum atomic E-state index is -0.836. The lowest BCUT2D eigenvalue weighted by atomic mass is 10.3. The third-order valence-electron chi connectivity index (χ3n) is 1.48. The van der Waals surface area contributed by atoms with E-state index in [2.05, 4.69) is 0 Å². The first kappa shape index (κ1) is 8.83. The van der Waals surface area contributed by atoms with Crippen molar-refractivity contribution in [3.05, 3.63) is 30.6 Å². The van der Waals surface area contributed by atoms with Gasteiger partial charge in [0.05, 0.1) is 6.61 Å². The molecule has 0 aliphatic heterocycles. The highest BCUT2D eigenvalue weighted by atomic mass is 16.3. The first-order valence-corrected chi connectivity index (χ1v) is 3.62. The maximum absolute atomic E-state index is 11.3.